The SMILES string of the molecule is Nc1nnc(C(=O)Nc2cc(F)c(F)c(F)c2)s1. The number of nitrogen functional groups attached to an aromatic ring is 1. The van der Waals surface area contributed by atoms with E-state index in [4.69, 9.17) is 5.73 Å². The smallest absolute Gasteiger partial charge is 0.286 e. The molecule has 0 unspecified atom stereocenters. The van der Waals surface area contributed by atoms with Crippen LogP contribution >= 0.6 is 11.3 Å². The van der Waals surface area contributed by atoms with Crippen LogP contribution in [0.3, 0.4) is 0 Å². The standard InChI is InChI=1S/C9H5F3N4OS/c10-4-1-3(2-5(11)6(4)12)14-7(17)8-15-16-9(13)18-8/h1-2H,(H2,13,16)(H,14,17). The van der Waals surface area contributed by atoms with Crippen molar-refractivity contribution in [3.8, 4) is 0 Å². The van der Waals surface area contributed by atoms with Crippen LogP contribution in [0, 0.1) is 17.5 Å². The second kappa shape index (κ2) is 4.61. The van der Waals surface area contributed by atoms with Crippen LogP contribution in [0.1, 0.15) is 9.80 Å². The van der Waals surface area contributed by atoms with Gasteiger partial charge in [0, 0.05) is 17.8 Å². The number of nitrogens with one attached hydrogen (secondary N) is 1. The lowest BCUT2D eigenvalue weighted by Crippen LogP contribution is -2.12. The zero-order chi connectivity index (χ0) is 13.3. The predicted octanol–water partition coefficient (Wildman–Crippen LogP) is 1.79. The lowest BCUT2D eigenvalue weighted by atomic mass is 10.3. The summed E-state index contributed by atoms with van der Waals surface area (Å²) in [5.41, 5.74) is 5.04. The lowest BCUT2D eigenvalue weighted by molar-refractivity contribution is 0.102. The fourth-order valence-corrected chi connectivity index (χ4v) is 1.64. The van der Waals surface area contributed by atoms with E-state index in [-0.39, 0.29) is 15.8 Å². The van der Waals surface area contributed by atoms with Gasteiger partial charge in [-0.3, -0.25) is 4.79 Å². The number of hydrogen-bond acceptors (Lipinski definition) is 5. The lowest BCUT2D eigenvalue weighted by Gasteiger charge is -2.03. The number of carbonyl (C=O) groups is 1. The van der Waals surface area contributed by atoms with Crippen LogP contribution in [-0.4, -0.2) is 16.1 Å². The molecule has 0 fully saturated rings. The topological polar surface area (TPSA) is 80.9 Å². The molecular weight excluding hydrogens is 269 g/mol. The van der Waals surface area contributed by atoms with Crippen molar-refractivity contribution >= 4 is 28.1 Å². The fraction of sp³-hybridized carbons (Fsp3) is 0. The van der Waals surface area contributed by atoms with Crippen LogP contribution in [0.25, 0.3) is 0 Å². The average Bonchev–Trinajstić information content (AvgIpc) is 2.72. The van der Waals surface area contributed by atoms with Crippen LogP contribution in [0.5, 0.6) is 0 Å². The third-order valence-electron chi connectivity index (χ3n) is 1.88. The molecule has 0 saturated carbocycles. The van der Waals surface area contributed by atoms with Gasteiger partial charge in [-0.05, 0) is 0 Å². The predicted molar refractivity (Wildman–Crippen MR) is 58.6 cm³/mol. The van der Waals surface area contributed by atoms with E-state index in [0.717, 1.165) is 11.3 Å². The molecule has 5 nitrogen and oxygen atoms in total. The van der Waals surface area contributed by atoms with E-state index in [0.29, 0.717) is 12.1 Å². The summed E-state index contributed by atoms with van der Waals surface area (Å²) in [4.78, 5) is 11.5. The maximum atomic E-state index is 12.9. The number of aromatic nitrogens is 2. The molecule has 0 aliphatic heterocycles. The molecule has 1 amide bonds. The molecule has 0 spiro atoms. The number of nitrogens with zero attached hydrogens (tertiary/aromatic N) is 2. The highest BCUT2D eigenvalue weighted by Crippen LogP contribution is 2.19. The van der Waals surface area contributed by atoms with Crippen LogP contribution in [0.2, 0.25) is 0 Å². The van der Waals surface area contributed by atoms with Gasteiger partial charge in [-0.1, -0.05) is 11.3 Å². The van der Waals surface area contributed by atoms with Gasteiger partial charge in [0.05, 0.1) is 0 Å². The third-order valence-corrected chi connectivity index (χ3v) is 2.63. The molecule has 0 aliphatic carbocycles. The molecule has 1 heterocycles. The Kier molecular flexibility index (Phi) is 3.15. The van der Waals surface area contributed by atoms with Crippen molar-refractivity contribution in [3.05, 3.63) is 34.6 Å². The number of rotatable bonds is 2. The summed E-state index contributed by atoms with van der Waals surface area (Å²) >= 11 is 0.809. The molecule has 2 aromatic rings. The van der Waals surface area contributed by atoms with Crippen LogP contribution in [-0.2, 0) is 0 Å². The first kappa shape index (κ1) is 12.3. The second-order valence-electron chi connectivity index (χ2n) is 3.15. The second-order valence-corrected chi connectivity index (χ2v) is 4.16. The summed E-state index contributed by atoms with van der Waals surface area (Å²) in [6, 6.07) is 1.31. The molecule has 9 heteroatoms. The first-order valence-electron chi connectivity index (χ1n) is 4.52. The number of hydrogen-bond donors (Lipinski definition) is 2. The number of nitrogens with two attached hydrogens (primary N) is 1. The minimum absolute atomic E-state index is 0.0716. The van der Waals surface area contributed by atoms with Crippen molar-refractivity contribution in [1.82, 2.24) is 10.2 Å². The van der Waals surface area contributed by atoms with Crippen molar-refractivity contribution in [1.29, 1.82) is 0 Å². The Labute approximate surface area is 102 Å². The number of anilines is 2. The summed E-state index contributed by atoms with van der Waals surface area (Å²) in [7, 11) is 0. The number of carbonyl (C=O) groups excluding carboxylic acids is 1. The Morgan fingerprint density at radius 1 is 1.22 bits per heavy atom. The molecule has 1 aromatic carbocycles. The molecule has 1 aromatic heterocycles. The number of benzene rings is 1. The molecule has 3 N–H and O–H groups in total. The molecule has 0 atom stereocenters. The summed E-state index contributed by atoms with van der Waals surface area (Å²) in [6.07, 6.45) is 0. The molecule has 2 rings (SSSR count). The highest BCUT2D eigenvalue weighted by molar-refractivity contribution is 7.16. The van der Waals surface area contributed by atoms with Gasteiger partial charge in [0.25, 0.3) is 5.91 Å². The fourth-order valence-electron chi connectivity index (χ4n) is 1.14. The first-order chi connectivity index (χ1) is 8.47. The quantitative estimate of drug-likeness (QED) is 0.818. The highest BCUT2D eigenvalue weighted by Gasteiger charge is 2.15. The van der Waals surface area contributed by atoms with Crippen LogP contribution in [0.15, 0.2) is 12.1 Å². The van der Waals surface area contributed by atoms with Crippen molar-refractivity contribution in [3.63, 3.8) is 0 Å². The highest BCUT2D eigenvalue weighted by atomic mass is 32.1. The maximum Gasteiger partial charge on any atom is 0.286 e. The van der Waals surface area contributed by atoms with Crippen molar-refractivity contribution in [2.45, 2.75) is 0 Å². The zero-order valence-corrected chi connectivity index (χ0v) is 9.39. The van der Waals surface area contributed by atoms with Crippen LogP contribution in [0.4, 0.5) is 24.0 Å². The van der Waals surface area contributed by atoms with Gasteiger partial charge in [0.2, 0.25) is 10.1 Å². The van der Waals surface area contributed by atoms with Gasteiger partial charge in [0.1, 0.15) is 0 Å². The molecule has 0 radical (unpaired) electrons. The Morgan fingerprint density at radius 3 is 2.33 bits per heavy atom. The van der Waals surface area contributed by atoms with E-state index in [2.05, 4.69) is 15.5 Å². The largest absolute Gasteiger partial charge is 0.374 e. The maximum absolute atomic E-state index is 12.9. The Morgan fingerprint density at radius 2 is 1.83 bits per heavy atom. The van der Waals surface area contributed by atoms with E-state index in [1.54, 1.807) is 0 Å². The van der Waals surface area contributed by atoms with Crippen molar-refractivity contribution in [2.75, 3.05) is 11.1 Å². The van der Waals surface area contributed by atoms with E-state index >= 15 is 0 Å². The van der Waals surface area contributed by atoms with Crippen molar-refractivity contribution in [2.24, 2.45) is 0 Å². The minimum Gasteiger partial charge on any atom is -0.374 e. The van der Waals surface area contributed by atoms with Gasteiger partial charge in [0.15, 0.2) is 17.5 Å². The summed E-state index contributed by atoms with van der Waals surface area (Å²) in [5.74, 6) is -5.15. The van der Waals surface area contributed by atoms with E-state index < -0.39 is 23.4 Å². The molecule has 18 heavy (non-hydrogen) atoms. The summed E-state index contributed by atoms with van der Waals surface area (Å²) < 4.78 is 38.4. The van der Waals surface area contributed by atoms with Gasteiger partial charge in [-0.25, -0.2) is 13.2 Å². The van der Waals surface area contributed by atoms with E-state index in [1.807, 2.05) is 0 Å². The zero-order valence-electron chi connectivity index (χ0n) is 8.58. The van der Waals surface area contributed by atoms with E-state index in [9.17, 15) is 18.0 Å². The number of amides is 1. The monoisotopic (exact) mass is 274 g/mol. The van der Waals surface area contributed by atoms with Crippen molar-refractivity contribution < 1.29 is 18.0 Å². The van der Waals surface area contributed by atoms with Crippen LogP contribution < -0.4 is 11.1 Å². The normalized spacial score (nSPS) is 10.4. The Balaban J connectivity index is 2.22. The Hall–Kier alpha value is -2.16. The Bertz CT molecular complexity index is 593. The number of halogens is 3. The molecule has 0 saturated heterocycles. The minimum atomic E-state index is -1.60. The third kappa shape index (κ3) is 2.40. The van der Waals surface area contributed by atoms with Gasteiger partial charge in [-0.2, -0.15) is 0 Å². The first-order valence-corrected chi connectivity index (χ1v) is 5.34. The summed E-state index contributed by atoms with van der Waals surface area (Å²) in [5, 5.41) is 9.01. The molecular formula is C9H5F3N4OS. The molecule has 0 bridgehead atoms. The summed E-state index contributed by atoms with van der Waals surface area (Å²) in [6.45, 7) is 0. The molecule has 0 aliphatic rings. The van der Waals surface area contributed by atoms with Gasteiger partial charge in [-0.15, -0.1) is 10.2 Å². The average molecular weight is 274 g/mol. The van der Waals surface area contributed by atoms with E-state index in [1.165, 1.54) is 0 Å². The van der Waals surface area contributed by atoms with Gasteiger partial charge >= 0.3 is 0 Å². The molecule has 94 valence electrons. The van der Waals surface area contributed by atoms with Gasteiger partial charge < -0.3 is 11.1 Å².